The van der Waals surface area contributed by atoms with E-state index in [-0.39, 0.29) is 36.3 Å². The molecule has 0 amide bonds. The predicted octanol–water partition coefficient (Wildman–Crippen LogP) is 3.04. The minimum Gasteiger partial charge on any atom is -0.478 e. The van der Waals surface area contributed by atoms with Gasteiger partial charge in [-0.2, -0.15) is 0 Å². The third-order valence-corrected chi connectivity index (χ3v) is 4.72. The van der Waals surface area contributed by atoms with Gasteiger partial charge in [-0.05, 0) is 48.7 Å². The first kappa shape index (κ1) is 26.1. The molecule has 0 atom stereocenters. The number of ether oxygens (including phenoxy) is 1. The number of guanidine groups is 1. The zero-order chi connectivity index (χ0) is 21.3. The molecule has 2 N–H and O–H groups in total. The van der Waals surface area contributed by atoms with Gasteiger partial charge in [0.25, 0.3) is 0 Å². The van der Waals surface area contributed by atoms with Crippen LogP contribution >= 0.6 is 24.0 Å². The highest BCUT2D eigenvalue weighted by Crippen LogP contribution is 2.15. The van der Waals surface area contributed by atoms with Gasteiger partial charge < -0.3 is 15.4 Å². The first-order valence-corrected chi connectivity index (χ1v) is 11.4. The van der Waals surface area contributed by atoms with Gasteiger partial charge in [-0.3, -0.25) is 0 Å². The largest absolute Gasteiger partial charge is 0.478 e. The van der Waals surface area contributed by atoms with Crippen molar-refractivity contribution in [2.75, 3.05) is 19.4 Å². The molecule has 0 aliphatic rings. The number of benzene rings is 1. The van der Waals surface area contributed by atoms with Crippen LogP contribution in [0, 0.1) is 5.82 Å². The number of rotatable bonds is 9. The van der Waals surface area contributed by atoms with Crippen LogP contribution in [-0.2, 0) is 28.7 Å². The SMILES string of the molecule is CCNC(=NCc1ccnc(OCC)c1)NCc1cc(F)ccc1CS(C)(=O)=O.I. The van der Waals surface area contributed by atoms with E-state index < -0.39 is 15.7 Å². The predicted molar refractivity (Wildman–Crippen MR) is 127 cm³/mol. The molecule has 0 radical (unpaired) electrons. The van der Waals surface area contributed by atoms with E-state index in [0.29, 0.717) is 42.7 Å². The number of aromatic nitrogens is 1. The summed E-state index contributed by atoms with van der Waals surface area (Å²) in [5, 5.41) is 6.26. The number of hydrogen-bond acceptors (Lipinski definition) is 5. The molecule has 2 rings (SSSR count). The molecule has 166 valence electrons. The van der Waals surface area contributed by atoms with Crippen molar-refractivity contribution in [1.29, 1.82) is 0 Å². The first-order valence-electron chi connectivity index (χ1n) is 9.35. The van der Waals surface area contributed by atoms with Crippen LogP contribution in [0.3, 0.4) is 0 Å². The zero-order valence-corrected chi connectivity index (χ0v) is 20.5. The van der Waals surface area contributed by atoms with Crippen LogP contribution in [0.5, 0.6) is 5.88 Å². The fraction of sp³-hybridized carbons (Fsp3) is 0.400. The Balaban J connectivity index is 0.00000450. The lowest BCUT2D eigenvalue weighted by atomic mass is 10.1. The standard InChI is InChI=1S/C20H27FN4O3S.HI/c1-4-22-20(24-12-15-8-9-23-19(10-15)28-5-2)25-13-17-11-18(21)7-6-16(17)14-29(3,26)27;/h6-11H,4-5,12-14H2,1-3H3,(H2,22,24,25);1H. The number of sulfone groups is 1. The van der Waals surface area contributed by atoms with Crippen LogP contribution in [-0.4, -0.2) is 38.8 Å². The molecule has 0 spiro atoms. The van der Waals surface area contributed by atoms with Gasteiger partial charge in [-0.1, -0.05) is 6.07 Å². The summed E-state index contributed by atoms with van der Waals surface area (Å²) in [6, 6.07) is 7.79. The van der Waals surface area contributed by atoms with Crippen molar-refractivity contribution >= 4 is 39.8 Å². The monoisotopic (exact) mass is 550 g/mol. The normalized spacial score (nSPS) is 11.5. The Morgan fingerprint density at radius 3 is 2.60 bits per heavy atom. The van der Waals surface area contributed by atoms with Crippen molar-refractivity contribution in [3.63, 3.8) is 0 Å². The second kappa shape index (κ2) is 12.7. The van der Waals surface area contributed by atoms with Crippen LogP contribution < -0.4 is 15.4 Å². The number of hydrogen-bond donors (Lipinski definition) is 2. The Morgan fingerprint density at radius 1 is 1.17 bits per heavy atom. The van der Waals surface area contributed by atoms with Crippen LogP contribution in [0.2, 0.25) is 0 Å². The molecule has 10 heteroatoms. The van der Waals surface area contributed by atoms with E-state index in [9.17, 15) is 12.8 Å². The van der Waals surface area contributed by atoms with Crippen LogP contribution in [0.1, 0.15) is 30.5 Å². The highest BCUT2D eigenvalue weighted by Gasteiger charge is 2.11. The van der Waals surface area contributed by atoms with Crippen LogP contribution in [0.15, 0.2) is 41.5 Å². The molecule has 0 fully saturated rings. The van der Waals surface area contributed by atoms with E-state index in [0.717, 1.165) is 11.8 Å². The second-order valence-electron chi connectivity index (χ2n) is 6.47. The fourth-order valence-electron chi connectivity index (χ4n) is 2.65. The number of nitrogens with zero attached hydrogens (tertiary/aromatic N) is 2. The van der Waals surface area contributed by atoms with Crippen molar-refractivity contribution in [3.8, 4) is 5.88 Å². The maximum atomic E-state index is 13.7. The van der Waals surface area contributed by atoms with Crippen molar-refractivity contribution < 1.29 is 17.5 Å². The van der Waals surface area contributed by atoms with Gasteiger partial charge in [0.15, 0.2) is 15.8 Å². The summed E-state index contributed by atoms with van der Waals surface area (Å²) < 4.78 is 42.4. The molecule has 1 heterocycles. The zero-order valence-electron chi connectivity index (χ0n) is 17.3. The van der Waals surface area contributed by atoms with Crippen molar-refractivity contribution in [1.82, 2.24) is 15.6 Å². The number of pyridine rings is 1. The number of aliphatic imine (C=N–C) groups is 1. The summed E-state index contributed by atoms with van der Waals surface area (Å²) in [4.78, 5) is 8.65. The molecule has 0 saturated carbocycles. The molecule has 0 saturated heterocycles. The average molecular weight is 550 g/mol. The summed E-state index contributed by atoms with van der Waals surface area (Å²) >= 11 is 0. The third-order valence-electron chi connectivity index (χ3n) is 3.89. The van der Waals surface area contributed by atoms with Gasteiger partial charge >= 0.3 is 0 Å². The molecular weight excluding hydrogens is 522 g/mol. The topological polar surface area (TPSA) is 92.7 Å². The molecule has 1 aromatic heterocycles. The summed E-state index contributed by atoms with van der Waals surface area (Å²) in [5.74, 6) is 0.524. The quantitative estimate of drug-likeness (QED) is 0.284. The molecule has 0 aliphatic carbocycles. The highest BCUT2D eigenvalue weighted by molar-refractivity contribution is 14.0. The molecule has 0 aliphatic heterocycles. The molecule has 1 aromatic carbocycles. The molecule has 7 nitrogen and oxygen atoms in total. The lowest BCUT2D eigenvalue weighted by Crippen LogP contribution is -2.37. The molecule has 30 heavy (non-hydrogen) atoms. The Bertz CT molecular complexity index is 955. The van der Waals surface area contributed by atoms with E-state index in [1.165, 1.54) is 18.2 Å². The van der Waals surface area contributed by atoms with Crippen molar-refractivity contribution in [2.45, 2.75) is 32.7 Å². The van der Waals surface area contributed by atoms with Gasteiger partial charge in [0.2, 0.25) is 5.88 Å². The van der Waals surface area contributed by atoms with Gasteiger partial charge in [-0.25, -0.2) is 22.8 Å². The Labute approximate surface area is 194 Å². The number of nitrogens with one attached hydrogen (secondary N) is 2. The minimum absolute atomic E-state index is 0. The average Bonchev–Trinajstić information content (AvgIpc) is 2.65. The summed E-state index contributed by atoms with van der Waals surface area (Å²) in [6.45, 7) is 5.66. The van der Waals surface area contributed by atoms with E-state index in [2.05, 4.69) is 20.6 Å². The van der Waals surface area contributed by atoms with E-state index >= 15 is 0 Å². The lowest BCUT2D eigenvalue weighted by Gasteiger charge is -2.14. The molecule has 2 aromatic rings. The molecular formula is C20H28FIN4O3S. The molecule has 0 bridgehead atoms. The number of halogens is 2. The van der Waals surface area contributed by atoms with Gasteiger partial charge in [0.05, 0.1) is 18.9 Å². The maximum absolute atomic E-state index is 13.7. The van der Waals surface area contributed by atoms with E-state index in [4.69, 9.17) is 4.74 Å². The van der Waals surface area contributed by atoms with Crippen molar-refractivity contribution in [3.05, 3.63) is 59.0 Å². The third kappa shape index (κ3) is 9.24. The molecule has 0 unspecified atom stereocenters. The summed E-state index contributed by atoms with van der Waals surface area (Å²) in [5.41, 5.74) is 2.07. The minimum atomic E-state index is -3.23. The van der Waals surface area contributed by atoms with Gasteiger partial charge in [0, 0.05) is 31.6 Å². The maximum Gasteiger partial charge on any atom is 0.213 e. The lowest BCUT2D eigenvalue weighted by molar-refractivity contribution is 0.326. The smallest absolute Gasteiger partial charge is 0.213 e. The van der Waals surface area contributed by atoms with Crippen LogP contribution in [0.25, 0.3) is 0 Å². The summed E-state index contributed by atoms with van der Waals surface area (Å²) in [6.07, 6.45) is 2.82. The Morgan fingerprint density at radius 2 is 1.93 bits per heavy atom. The van der Waals surface area contributed by atoms with Crippen LogP contribution in [0.4, 0.5) is 4.39 Å². The summed E-state index contributed by atoms with van der Waals surface area (Å²) in [7, 11) is -3.23. The Hall–Kier alpha value is -1.95. The van der Waals surface area contributed by atoms with Gasteiger partial charge in [-0.15, -0.1) is 24.0 Å². The first-order chi connectivity index (χ1) is 13.8. The second-order valence-corrected chi connectivity index (χ2v) is 8.61. The fourth-order valence-corrected chi connectivity index (χ4v) is 3.50. The van der Waals surface area contributed by atoms with E-state index in [1.54, 1.807) is 6.20 Å². The van der Waals surface area contributed by atoms with Gasteiger partial charge in [0.1, 0.15) is 5.82 Å². The Kier molecular flexibility index (Phi) is 11.0. The highest BCUT2D eigenvalue weighted by atomic mass is 127. The van der Waals surface area contributed by atoms with E-state index in [1.807, 2.05) is 26.0 Å². The van der Waals surface area contributed by atoms with Crippen molar-refractivity contribution in [2.24, 2.45) is 4.99 Å².